The summed E-state index contributed by atoms with van der Waals surface area (Å²) in [6.07, 6.45) is 0.428. The quantitative estimate of drug-likeness (QED) is 0.0535. The second kappa shape index (κ2) is 16.8. The molecular weight excluding hydrogens is 765 g/mol. The molecule has 0 atom stereocenters. The summed E-state index contributed by atoms with van der Waals surface area (Å²) in [5.74, 6) is 0.707. The normalized spacial score (nSPS) is 12.1. The highest BCUT2D eigenvalue weighted by Crippen LogP contribution is 2.39. The number of nitrogens with zero attached hydrogens (tertiary/aromatic N) is 6. The fourth-order valence-corrected chi connectivity index (χ4v) is 7.02. The van der Waals surface area contributed by atoms with Crippen LogP contribution in [-0.4, -0.2) is 24.7 Å². The van der Waals surface area contributed by atoms with Crippen LogP contribution >= 0.6 is 0 Å². The number of ether oxygens (including phenoxy) is 1. The third kappa shape index (κ3) is 9.09. The fourth-order valence-electron chi connectivity index (χ4n) is 6.38. The van der Waals surface area contributed by atoms with Gasteiger partial charge in [0.05, 0.1) is 40.7 Å². The van der Waals surface area contributed by atoms with E-state index in [9.17, 15) is 18.1 Å². The number of phenolic OH excluding ortho intramolecular Hbond substituents is 1. The molecule has 5 N–H and O–H groups in total. The number of hydrogen-bond donors (Lipinski definition) is 4. The molecule has 0 saturated carbocycles. The third-order valence-electron chi connectivity index (χ3n) is 9.58. The van der Waals surface area contributed by atoms with Gasteiger partial charge < -0.3 is 20.9 Å². The lowest BCUT2D eigenvalue weighted by Gasteiger charge is -2.11. The lowest BCUT2D eigenvalue weighted by atomic mass is 10.1. The van der Waals surface area contributed by atoms with Crippen molar-refractivity contribution in [2.75, 3.05) is 17.7 Å². The first-order chi connectivity index (χ1) is 28.3. The highest BCUT2D eigenvalue weighted by molar-refractivity contribution is 7.86. The summed E-state index contributed by atoms with van der Waals surface area (Å²) in [5.41, 5.74) is 13.8. The Morgan fingerprint density at radius 1 is 0.627 bits per heavy atom. The minimum atomic E-state index is -4.49. The third-order valence-corrected chi connectivity index (χ3v) is 10.5. The van der Waals surface area contributed by atoms with Crippen molar-refractivity contribution in [3.05, 3.63) is 138 Å². The number of nitrogens with two attached hydrogens (primary N) is 1. The Labute approximate surface area is 341 Å². The molecule has 7 aromatic carbocycles. The lowest BCUT2D eigenvalue weighted by molar-refractivity contribution is 0.328. The summed E-state index contributed by atoms with van der Waals surface area (Å²) in [6, 6.07) is 32.3. The van der Waals surface area contributed by atoms with Crippen molar-refractivity contribution in [1.82, 2.24) is 0 Å². The predicted octanol–water partition coefficient (Wildman–Crippen LogP) is 13.2. The summed E-state index contributed by atoms with van der Waals surface area (Å²) < 4.78 is 38.7. The van der Waals surface area contributed by atoms with Crippen LogP contribution in [0.5, 0.6) is 11.5 Å². The summed E-state index contributed by atoms with van der Waals surface area (Å²) in [4.78, 5) is -0.393. The molecule has 0 amide bonds. The summed E-state index contributed by atoms with van der Waals surface area (Å²) >= 11 is 0. The van der Waals surface area contributed by atoms with Gasteiger partial charge in [-0.3, -0.25) is 4.55 Å². The molecular formula is C45H40N8O5S. The van der Waals surface area contributed by atoms with E-state index in [0.717, 1.165) is 44.5 Å². The number of benzene rings is 7. The van der Waals surface area contributed by atoms with E-state index in [1.165, 1.54) is 12.1 Å². The van der Waals surface area contributed by atoms with Crippen molar-refractivity contribution in [1.29, 1.82) is 0 Å². The van der Waals surface area contributed by atoms with E-state index in [4.69, 9.17) is 17.4 Å². The number of azo groups is 3. The highest BCUT2D eigenvalue weighted by atomic mass is 32.2. The second-order valence-corrected chi connectivity index (χ2v) is 15.4. The van der Waals surface area contributed by atoms with E-state index in [1.54, 1.807) is 36.4 Å². The van der Waals surface area contributed by atoms with E-state index in [-0.39, 0.29) is 17.1 Å². The number of nitrogens with one attached hydrogen (secondary N) is 1. The Hall–Kier alpha value is -7.03. The van der Waals surface area contributed by atoms with Gasteiger partial charge in [0.15, 0.2) is 5.75 Å². The van der Waals surface area contributed by atoms with Crippen molar-refractivity contribution in [3.8, 4) is 11.5 Å². The molecule has 0 spiro atoms. The zero-order valence-corrected chi connectivity index (χ0v) is 33.5. The molecule has 0 aromatic heterocycles. The van der Waals surface area contributed by atoms with Crippen LogP contribution in [0.25, 0.3) is 21.5 Å². The molecule has 13 nitrogen and oxygen atoms in total. The molecule has 0 fully saturated rings. The summed E-state index contributed by atoms with van der Waals surface area (Å²) in [5, 5.41) is 44.4. The number of phenols is 1. The summed E-state index contributed by atoms with van der Waals surface area (Å²) in [7, 11) is -4.49. The SMILES string of the molecule is [CH]CCOc1cccc2ccc(N=Nc3cc(C)c(N=Nc4cc(C)c(N=Nc5ccc6cc(Nc7ccc(N)c(S(=O)(=O)O)c7)ccc6c5O)cc4C)cc3C)cc12. The van der Waals surface area contributed by atoms with Gasteiger partial charge in [-0.15, -0.1) is 5.11 Å². The van der Waals surface area contributed by atoms with Gasteiger partial charge >= 0.3 is 0 Å². The molecule has 0 bridgehead atoms. The Morgan fingerprint density at radius 3 is 1.80 bits per heavy atom. The minimum absolute atomic E-state index is 0.0478. The molecule has 2 radical (unpaired) electrons. The molecule has 7 aromatic rings. The molecule has 0 aliphatic carbocycles. The molecule has 0 aliphatic heterocycles. The number of rotatable bonds is 12. The van der Waals surface area contributed by atoms with Crippen LogP contribution in [0.1, 0.15) is 28.7 Å². The first-order valence-electron chi connectivity index (χ1n) is 18.5. The number of hydrogen-bond acceptors (Lipinski definition) is 12. The van der Waals surface area contributed by atoms with Gasteiger partial charge in [0.1, 0.15) is 16.3 Å². The molecule has 0 heterocycles. The van der Waals surface area contributed by atoms with E-state index in [2.05, 4.69) is 36.0 Å². The van der Waals surface area contributed by atoms with Crippen molar-refractivity contribution in [2.24, 2.45) is 30.7 Å². The van der Waals surface area contributed by atoms with Crippen molar-refractivity contribution in [3.63, 3.8) is 0 Å². The summed E-state index contributed by atoms with van der Waals surface area (Å²) in [6.45, 7) is 13.8. The molecule has 0 unspecified atom stereocenters. The standard InChI is InChI=1S/C45H40N8O5S/c1-6-18-58-43-9-7-8-30-10-12-34(24-36(30)43)48-50-39-19-27(3)41(20-26(39)2)52-53-42-22-28(4)40(21-29(42)5)51-49-38-17-11-31-23-32(13-15-35(31)45(38)54)47-33-14-16-37(46)44(25-33)59(55,56)57/h1,7-17,19-25,47,54H,6,18,46H2,2-5H3,(H,55,56,57). The van der Waals surface area contributed by atoms with Crippen LogP contribution in [0.3, 0.4) is 0 Å². The Bertz CT molecular complexity index is 2970. The van der Waals surface area contributed by atoms with E-state index in [0.29, 0.717) is 57.9 Å². The lowest BCUT2D eigenvalue weighted by Crippen LogP contribution is -2.04. The Kier molecular flexibility index (Phi) is 11.5. The zero-order chi connectivity index (χ0) is 41.8. The van der Waals surface area contributed by atoms with Crippen LogP contribution < -0.4 is 15.8 Å². The zero-order valence-electron chi connectivity index (χ0n) is 32.7. The number of aryl methyl sites for hydroxylation is 4. The number of aromatic hydroxyl groups is 1. The highest BCUT2D eigenvalue weighted by Gasteiger charge is 2.15. The van der Waals surface area contributed by atoms with Crippen molar-refractivity contribution < 1.29 is 22.8 Å². The monoisotopic (exact) mass is 804 g/mol. The van der Waals surface area contributed by atoms with Crippen LogP contribution in [0.4, 0.5) is 51.2 Å². The maximum absolute atomic E-state index is 11.7. The number of nitrogen functional groups attached to an aromatic ring is 1. The minimum Gasteiger partial charge on any atom is -0.505 e. The van der Waals surface area contributed by atoms with Crippen LogP contribution in [0.15, 0.2) is 145 Å². The van der Waals surface area contributed by atoms with Gasteiger partial charge in [-0.2, -0.15) is 34.0 Å². The largest absolute Gasteiger partial charge is 0.505 e. The molecule has 14 heteroatoms. The van der Waals surface area contributed by atoms with Crippen molar-refractivity contribution >= 4 is 82.8 Å². The van der Waals surface area contributed by atoms with Crippen molar-refractivity contribution in [2.45, 2.75) is 39.0 Å². The topological polar surface area (TPSA) is 196 Å². The maximum Gasteiger partial charge on any atom is 0.296 e. The molecule has 7 rings (SSSR count). The van der Waals surface area contributed by atoms with Gasteiger partial charge in [-0.25, -0.2) is 0 Å². The van der Waals surface area contributed by atoms with Gasteiger partial charge in [0.2, 0.25) is 0 Å². The van der Waals surface area contributed by atoms with E-state index < -0.39 is 15.0 Å². The predicted molar refractivity (Wildman–Crippen MR) is 232 cm³/mol. The van der Waals surface area contributed by atoms with Crippen LogP contribution in [0.2, 0.25) is 0 Å². The molecule has 59 heavy (non-hydrogen) atoms. The average molecular weight is 805 g/mol. The van der Waals surface area contributed by atoms with Crippen LogP contribution in [0, 0.1) is 34.6 Å². The first kappa shape index (κ1) is 40.2. The second-order valence-electron chi connectivity index (χ2n) is 14.0. The fraction of sp³-hybridized carbons (Fsp3) is 0.133. The molecule has 0 saturated heterocycles. The Morgan fingerprint density at radius 2 is 1.19 bits per heavy atom. The molecule has 0 aliphatic rings. The maximum atomic E-state index is 11.7. The number of anilines is 3. The van der Waals surface area contributed by atoms with E-state index in [1.807, 2.05) is 88.4 Å². The smallest absolute Gasteiger partial charge is 0.296 e. The van der Waals surface area contributed by atoms with Crippen LogP contribution in [-0.2, 0) is 10.1 Å². The van der Waals surface area contributed by atoms with E-state index >= 15 is 0 Å². The van der Waals surface area contributed by atoms with Gasteiger partial charge in [0, 0.05) is 22.1 Å². The molecule has 296 valence electrons. The van der Waals surface area contributed by atoms with Gasteiger partial charge in [-0.05, 0) is 159 Å². The first-order valence-corrected chi connectivity index (χ1v) is 19.9. The Balaban J connectivity index is 1.04. The van der Waals surface area contributed by atoms with Gasteiger partial charge in [0.25, 0.3) is 10.1 Å². The van der Waals surface area contributed by atoms with Gasteiger partial charge in [-0.1, -0.05) is 24.3 Å². The number of fused-ring (bicyclic) bond motifs is 2. The average Bonchev–Trinajstić information content (AvgIpc) is 3.21.